The topological polar surface area (TPSA) is 62.8 Å². The molecule has 1 heterocycles. The number of halogens is 1. The summed E-state index contributed by atoms with van der Waals surface area (Å²) in [6.07, 6.45) is 0. The van der Waals surface area contributed by atoms with Gasteiger partial charge in [0, 0.05) is 10.7 Å². The highest BCUT2D eigenvalue weighted by Crippen LogP contribution is 2.16. The minimum absolute atomic E-state index is 0.355. The molecule has 0 radical (unpaired) electrons. The first kappa shape index (κ1) is 16.5. The standard InChI is InChI=1S/C14H18INO5/c1-18-6-7-20-9-8-19-5-4-16-12-3-2-11(15)10-13(12)21-14(16)17/h2-3,10H,4-9H2,1H3. The molecule has 0 aliphatic heterocycles. The number of methoxy groups -OCH3 is 1. The summed E-state index contributed by atoms with van der Waals surface area (Å²) < 4.78 is 23.4. The molecule has 1 aromatic carbocycles. The summed E-state index contributed by atoms with van der Waals surface area (Å²) in [5, 5.41) is 0. The van der Waals surface area contributed by atoms with Gasteiger partial charge in [0.25, 0.3) is 0 Å². The molecular weight excluding hydrogens is 389 g/mol. The Bertz CT molecular complexity index is 621. The van der Waals surface area contributed by atoms with E-state index in [0.29, 0.717) is 45.2 Å². The highest BCUT2D eigenvalue weighted by atomic mass is 127. The van der Waals surface area contributed by atoms with Gasteiger partial charge in [-0.15, -0.1) is 0 Å². The van der Waals surface area contributed by atoms with E-state index in [9.17, 15) is 4.79 Å². The van der Waals surface area contributed by atoms with E-state index < -0.39 is 0 Å². The SMILES string of the molecule is COCCOCCOCCn1c(=O)oc2cc(I)ccc21. The van der Waals surface area contributed by atoms with Gasteiger partial charge in [-0.1, -0.05) is 0 Å². The zero-order valence-electron chi connectivity index (χ0n) is 11.8. The predicted octanol–water partition coefficient (Wildman–Crippen LogP) is 1.88. The number of rotatable bonds is 9. The van der Waals surface area contributed by atoms with Crippen molar-refractivity contribution in [3.05, 3.63) is 32.3 Å². The van der Waals surface area contributed by atoms with E-state index in [0.717, 1.165) is 9.09 Å². The van der Waals surface area contributed by atoms with Gasteiger partial charge in [0.2, 0.25) is 0 Å². The van der Waals surface area contributed by atoms with Gasteiger partial charge in [-0.25, -0.2) is 4.79 Å². The molecule has 21 heavy (non-hydrogen) atoms. The third-order valence-electron chi connectivity index (χ3n) is 2.89. The summed E-state index contributed by atoms with van der Waals surface area (Å²) in [7, 11) is 1.63. The van der Waals surface area contributed by atoms with Crippen LogP contribution in [0.2, 0.25) is 0 Å². The van der Waals surface area contributed by atoms with Gasteiger partial charge in [-0.05, 0) is 40.8 Å². The summed E-state index contributed by atoms with van der Waals surface area (Å²) in [4.78, 5) is 11.8. The van der Waals surface area contributed by atoms with Crippen LogP contribution in [0.4, 0.5) is 0 Å². The van der Waals surface area contributed by atoms with Gasteiger partial charge in [-0.3, -0.25) is 4.57 Å². The number of benzene rings is 1. The zero-order valence-corrected chi connectivity index (χ0v) is 14.0. The van der Waals surface area contributed by atoms with Gasteiger partial charge in [0.1, 0.15) is 0 Å². The van der Waals surface area contributed by atoms with Crippen molar-refractivity contribution in [2.45, 2.75) is 6.54 Å². The fraction of sp³-hybridized carbons (Fsp3) is 0.500. The third kappa shape index (κ3) is 4.80. The van der Waals surface area contributed by atoms with Gasteiger partial charge in [-0.2, -0.15) is 0 Å². The molecule has 6 nitrogen and oxygen atoms in total. The molecule has 0 saturated carbocycles. The Balaban J connectivity index is 1.79. The van der Waals surface area contributed by atoms with E-state index in [1.807, 2.05) is 18.2 Å². The van der Waals surface area contributed by atoms with Crippen molar-refractivity contribution in [3.63, 3.8) is 0 Å². The van der Waals surface area contributed by atoms with Crippen LogP contribution in [-0.2, 0) is 20.8 Å². The van der Waals surface area contributed by atoms with Crippen molar-refractivity contribution in [1.29, 1.82) is 0 Å². The fourth-order valence-corrected chi connectivity index (χ4v) is 2.33. The van der Waals surface area contributed by atoms with E-state index in [1.54, 1.807) is 11.7 Å². The summed E-state index contributed by atoms with van der Waals surface area (Å²) in [6, 6.07) is 5.67. The number of ether oxygens (including phenoxy) is 3. The maximum Gasteiger partial charge on any atom is 0.420 e. The molecule has 0 saturated heterocycles. The summed E-state index contributed by atoms with van der Waals surface area (Å²) >= 11 is 2.18. The van der Waals surface area contributed by atoms with Crippen LogP contribution in [-0.4, -0.2) is 44.7 Å². The van der Waals surface area contributed by atoms with Crippen molar-refractivity contribution < 1.29 is 18.6 Å². The number of fused-ring (bicyclic) bond motifs is 1. The molecule has 0 aliphatic rings. The molecule has 0 fully saturated rings. The zero-order chi connectivity index (χ0) is 15.1. The molecule has 116 valence electrons. The second kappa shape index (κ2) is 8.52. The first-order chi connectivity index (χ1) is 10.2. The Morgan fingerprint density at radius 2 is 1.86 bits per heavy atom. The molecule has 0 amide bonds. The van der Waals surface area contributed by atoms with Crippen LogP contribution < -0.4 is 5.76 Å². The van der Waals surface area contributed by atoms with Crippen molar-refractivity contribution in [1.82, 2.24) is 4.57 Å². The Hall–Kier alpha value is -0.900. The molecule has 0 bridgehead atoms. The van der Waals surface area contributed by atoms with Crippen LogP contribution in [0.15, 0.2) is 27.4 Å². The molecule has 2 rings (SSSR count). The van der Waals surface area contributed by atoms with Gasteiger partial charge in [0.15, 0.2) is 5.58 Å². The lowest BCUT2D eigenvalue weighted by atomic mass is 10.3. The van der Waals surface area contributed by atoms with Crippen LogP contribution in [0.1, 0.15) is 0 Å². The van der Waals surface area contributed by atoms with E-state index in [2.05, 4.69) is 22.6 Å². The van der Waals surface area contributed by atoms with Gasteiger partial charge < -0.3 is 18.6 Å². The Kier molecular flexibility index (Phi) is 6.68. The maximum atomic E-state index is 11.8. The van der Waals surface area contributed by atoms with Crippen LogP contribution in [0, 0.1) is 3.57 Å². The first-order valence-corrected chi connectivity index (χ1v) is 7.73. The molecule has 7 heteroatoms. The Morgan fingerprint density at radius 3 is 2.62 bits per heavy atom. The van der Waals surface area contributed by atoms with E-state index >= 15 is 0 Å². The fourth-order valence-electron chi connectivity index (χ4n) is 1.87. The van der Waals surface area contributed by atoms with Crippen molar-refractivity contribution in [3.8, 4) is 0 Å². The molecule has 0 N–H and O–H groups in total. The van der Waals surface area contributed by atoms with Gasteiger partial charge in [0.05, 0.1) is 45.1 Å². The first-order valence-electron chi connectivity index (χ1n) is 6.65. The highest BCUT2D eigenvalue weighted by Gasteiger charge is 2.08. The lowest BCUT2D eigenvalue weighted by molar-refractivity contribution is 0.0229. The van der Waals surface area contributed by atoms with E-state index in [-0.39, 0.29) is 5.76 Å². The number of oxazole rings is 1. The highest BCUT2D eigenvalue weighted by molar-refractivity contribution is 14.1. The van der Waals surface area contributed by atoms with Crippen LogP contribution in [0.5, 0.6) is 0 Å². The maximum absolute atomic E-state index is 11.8. The second-order valence-corrected chi connectivity index (χ2v) is 5.59. The quantitative estimate of drug-likeness (QED) is 0.469. The monoisotopic (exact) mass is 407 g/mol. The summed E-state index contributed by atoms with van der Waals surface area (Å²) in [5.74, 6) is -0.355. The number of hydrogen-bond donors (Lipinski definition) is 0. The van der Waals surface area contributed by atoms with Gasteiger partial charge >= 0.3 is 5.76 Å². The normalized spacial score (nSPS) is 11.3. The molecule has 2 aromatic rings. The van der Waals surface area contributed by atoms with Crippen molar-refractivity contribution in [2.75, 3.05) is 40.1 Å². The molecule has 1 aromatic heterocycles. The molecule has 0 atom stereocenters. The number of nitrogens with zero attached hydrogens (tertiary/aromatic N) is 1. The minimum Gasteiger partial charge on any atom is -0.408 e. The van der Waals surface area contributed by atoms with Crippen LogP contribution in [0.3, 0.4) is 0 Å². The lowest BCUT2D eigenvalue weighted by Gasteiger charge is -2.06. The predicted molar refractivity (Wildman–Crippen MR) is 86.7 cm³/mol. The third-order valence-corrected chi connectivity index (χ3v) is 3.56. The second-order valence-electron chi connectivity index (χ2n) is 4.35. The molecule has 0 spiro atoms. The number of hydrogen-bond acceptors (Lipinski definition) is 5. The molecule has 0 aliphatic carbocycles. The summed E-state index contributed by atoms with van der Waals surface area (Å²) in [6.45, 7) is 3.05. The minimum atomic E-state index is -0.355. The van der Waals surface area contributed by atoms with E-state index in [4.69, 9.17) is 18.6 Å². The van der Waals surface area contributed by atoms with Crippen molar-refractivity contribution in [2.24, 2.45) is 0 Å². The largest absolute Gasteiger partial charge is 0.420 e. The average Bonchev–Trinajstić information content (AvgIpc) is 2.76. The smallest absolute Gasteiger partial charge is 0.408 e. The molecular formula is C14H18INO5. The average molecular weight is 407 g/mol. The summed E-state index contributed by atoms with van der Waals surface area (Å²) in [5.41, 5.74) is 1.40. The Morgan fingerprint density at radius 1 is 1.14 bits per heavy atom. The van der Waals surface area contributed by atoms with E-state index in [1.165, 1.54) is 0 Å². The van der Waals surface area contributed by atoms with Crippen LogP contribution >= 0.6 is 22.6 Å². The Labute approximate surface area is 136 Å². The van der Waals surface area contributed by atoms with Crippen molar-refractivity contribution >= 4 is 33.7 Å². The molecule has 0 unspecified atom stereocenters. The number of aromatic nitrogens is 1. The van der Waals surface area contributed by atoms with Crippen LogP contribution in [0.25, 0.3) is 11.1 Å². The lowest BCUT2D eigenvalue weighted by Crippen LogP contribution is -2.18.